The number of aromatic hydroxyl groups is 5. The number of imidazole rings is 4. The average molecular weight is 1720 g/mol. The standard InChI is InChI=1S/C22H21N3O2.C21H20N4O.C21H19N3O2.C20H18N4O.C20H21N3O2/c1-16-23-13-20(27-16)12-22-21(11-17-6-3-2-4-7-17)24-15-25(22)14-18-8-5-9-19(26)10-18;22-21-18(9-10-23-21)20-19(12-15-5-2-1-3-6-15)24-14-25(20)13-16-7-4-8-17(26)11-16;1-15-22-12-19(26-15)11-20-21(17-7-3-2-4-8-17)23-14-24(20)13-16-6-5-9-18(25)10-16;21-20-17(9-10-22-20)19-18(15-6-2-1-3-7-15)23-13-24(19)12-14-5-4-8-16(25)11-14;1-15-19(14-25-21-15)20-13-22(16-6-3-2-4-7-16)10-11-23(20)17-8-5-9-18(24)12-17/h2-10,13,15,23,26H,1,11-12,14H2;1-9,11,14,26H,10,12-13H2,(H2,22,23);2-10,12,14,22,25H,1,11,13H2;1-9,11,13,25H,10,12H2,(H2,21,22);2-9,12,14,20,24H,10-11,13H2,1H3. The van der Waals surface area contributed by atoms with Gasteiger partial charge in [-0.2, -0.15) is 0 Å². The largest absolute Gasteiger partial charge is 0.508 e. The molecule has 5 aromatic heterocycles. The Labute approximate surface area is 747 Å². The van der Waals surface area contributed by atoms with Crippen molar-refractivity contribution in [3.8, 4) is 51.3 Å². The van der Waals surface area contributed by atoms with E-state index in [9.17, 15) is 25.5 Å². The fourth-order valence-electron chi connectivity index (χ4n) is 16.1. The van der Waals surface area contributed by atoms with Gasteiger partial charge in [-0.05, 0) is 132 Å². The highest BCUT2D eigenvalue weighted by Crippen LogP contribution is 2.38. The van der Waals surface area contributed by atoms with Crippen molar-refractivity contribution >= 4 is 34.2 Å². The number of hydrogen-bond acceptors (Lipinski definition) is 21. The molecule has 11 N–H and O–H groups in total. The zero-order valence-corrected chi connectivity index (χ0v) is 71.3. The molecule has 5 aliphatic rings. The minimum absolute atomic E-state index is 0.113. The second-order valence-corrected chi connectivity index (χ2v) is 31.4. The van der Waals surface area contributed by atoms with E-state index < -0.39 is 0 Å². The Morgan fingerprint density at radius 3 is 1.29 bits per heavy atom. The lowest BCUT2D eigenvalue weighted by Crippen LogP contribution is -2.48. The summed E-state index contributed by atoms with van der Waals surface area (Å²) in [5, 5.41) is 58.8. The first-order valence-corrected chi connectivity index (χ1v) is 42.4. The van der Waals surface area contributed by atoms with Crippen molar-refractivity contribution in [2.45, 2.75) is 64.8 Å². The van der Waals surface area contributed by atoms with Crippen LogP contribution in [0, 0.1) is 6.92 Å². The highest BCUT2D eigenvalue weighted by Gasteiger charge is 2.32. The molecule has 10 aromatic carbocycles. The molecule has 15 aromatic rings. The Hall–Kier alpha value is -16.6. The number of phenols is 5. The fraction of sp³-hybridized carbons (Fsp3) is 0.144. The van der Waals surface area contributed by atoms with Crippen LogP contribution in [0.15, 0.2) is 380 Å². The van der Waals surface area contributed by atoms with Gasteiger partial charge in [0.05, 0.1) is 90.0 Å². The molecule has 129 heavy (non-hydrogen) atoms. The number of phenolic OH excluding ortho intramolecular Hbond substituents is 5. The van der Waals surface area contributed by atoms with Crippen LogP contribution in [0.3, 0.4) is 0 Å². The second kappa shape index (κ2) is 40.8. The maximum atomic E-state index is 9.88. The lowest BCUT2D eigenvalue weighted by molar-refractivity contribution is 0.307. The summed E-state index contributed by atoms with van der Waals surface area (Å²) >= 11 is 0. The molecule has 1 atom stereocenters. The van der Waals surface area contributed by atoms with E-state index in [-0.39, 0.29) is 34.8 Å². The number of ether oxygens (including phenoxy) is 2. The van der Waals surface area contributed by atoms with E-state index in [1.54, 1.807) is 60.9 Å². The van der Waals surface area contributed by atoms with E-state index in [1.165, 1.54) is 16.8 Å². The molecule has 0 radical (unpaired) electrons. The van der Waals surface area contributed by atoms with E-state index in [0.717, 1.165) is 151 Å². The highest BCUT2D eigenvalue weighted by molar-refractivity contribution is 6.24. The van der Waals surface area contributed by atoms with Crippen LogP contribution in [0.5, 0.6) is 28.7 Å². The number of nitrogens with zero attached hydrogens (tertiary/aromatic N) is 13. The Morgan fingerprint density at radius 1 is 0.411 bits per heavy atom. The van der Waals surface area contributed by atoms with Crippen LogP contribution in [0.1, 0.15) is 84.8 Å². The third kappa shape index (κ3) is 22.0. The van der Waals surface area contributed by atoms with Crippen molar-refractivity contribution < 1.29 is 39.5 Å². The molecule has 20 rings (SSSR count). The predicted molar refractivity (Wildman–Crippen MR) is 504 cm³/mol. The van der Waals surface area contributed by atoms with Gasteiger partial charge in [-0.3, -0.25) is 9.98 Å². The summed E-state index contributed by atoms with van der Waals surface area (Å²) in [7, 11) is 0. The number of benzene rings is 10. The summed E-state index contributed by atoms with van der Waals surface area (Å²) in [5.41, 5.74) is 34.7. The zero-order valence-electron chi connectivity index (χ0n) is 71.3. The number of aryl methyl sites for hydroxylation is 1. The van der Waals surface area contributed by atoms with Crippen LogP contribution >= 0.6 is 0 Å². The quantitative estimate of drug-likeness (QED) is 0.0287. The maximum Gasteiger partial charge on any atom is 0.189 e. The van der Waals surface area contributed by atoms with Crippen LogP contribution in [0.4, 0.5) is 11.4 Å². The molecule has 0 amide bonds. The molecule has 1 fully saturated rings. The van der Waals surface area contributed by atoms with Gasteiger partial charge in [0.25, 0.3) is 0 Å². The van der Waals surface area contributed by atoms with Gasteiger partial charge in [-0.1, -0.05) is 205 Å². The molecule has 1 saturated heterocycles. The molecular weight excluding hydrogens is 1620 g/mol. The number of amidine groups is 2. The van der Waals surface area contributed by atoms with Gasteiger partial charge in [0, 0.05) is 135 Å². The molecule has 1 unspecified atom stereocenters. The molecule has 648 valence electrons. The predicted octanol–water partition coefficient (Wildman–Crippen LogP) is 17.3. The first-order chi connectivity index (χ1) is 63.0. The van der Waals surface area contributed by atoms with Crippen LogP contribution in [0.2, 0.25) is 0 Å². The van der Waals surface area contributed by atoms with Gasteiger partial charge < -0.3 is 89.7 Å². The van der Waals surface area contributed by atoms with Gasteiger partial charge in [0.1, 0.15) is 58.2 Å². The number of anilines is 2. The van der Waals surface area contributed by atoms with Gasteiger partial charge in [-0.15, -0.1) is 0 Å². The number of aliphatic imine (C=N–C) groups is 2. The first-order valence-electron chi connectivity index (χ1n) is 42.4. The molecule has 25 heteroatoms. The molecule has 0 saturated carbocycles. The molecule has 0 spiro atoms. The van der Waals surface area contributed by atoms with E-state index in [2.05, 4.69) is 135 Å². The summed E-state index contributed by atoms with van der Waals surface area (Å²) in [4.78, 5) is 31.9. The summed E-state index contributed by atoms with van der Waals surface area (Å²) in [6, 6.07) is 87.7. The van der Waals surface area contributed by atoms with Gasteiger partial charge in [0.15, 0.2) is 11.8 Å². The van der Waals surface area contributed by atoms with Crippen molar-refractivity contribution in [1.82, 2.24) is 54.0 Å². The number of rotatable bonds is 23. The van der Waals surface area contributed by atoms with Crippen molar-refractivity contribution in [2.24, 2.45) is 21.5 Å². The molecule has 5 aliphatic heterocycles. The number of aromatic nitrogens is 9. The Morgan fingerprint density at radius 2 is 0.814 bits per heavy atom. The number of nitrogens with two attached hydrogens (primary N) is 2. The number of para-hydroxylation sites is 1. The van der Waals surface area contributed by atoms with Crippen LogP contribution < -0.4 is 31.9 Å². The van der Waals surface area contributed by atoms with Gasteiger partial charge in [0.2, 0.25) is 0 Å². The third-order valence-corrected chi connectivity index (χ3v) is 22.3. The third-order valence-electron chi connectivity index (χ3n) is 22.3. The van der Waals surface area contributed by atoms with Gasteiger partial charge in [-0.25, -0.2) is 19.9 Å². The van der Waals surface area contributed by atoms with Crippen LogP contribution in [-0.2, 0) is 61.3 Å². The topological polar surface area (TPSA) is 324 Å². The van der Waals surface area contributed by atoms with Crippen molar-refractivity contribution in [1.29, 1.82) is 0 Å². The van der Waals surface area contributed by atoms with E-state index in [4.69, 9.17) is 25.5 Å². The highest BCUT2D eigenvalue weighted by atomic mass is 16.5. The van der Waals surface area contributed by atoms with E-state index >= 15 is 0 Å². The minimum atomic E-state index is 0.113. The van der Waals surface area contributed by atoms with Crippen LogP contribution in [-0.4, -0.2) is 113 Å². The van der Waals surface area contributed by atoms with Crippen molar-refractivity contribution in [3.05, 3.63) is 444 Å². The average Bonchev–Trinajstić information content (AvgIpc) is 1.65. The van der Waals surface area contributed by atoms with Gasteiger partial charge >= 0.3 is 0 Å². The van der Waals surface area contributed by atoms with E-state index in [1.807, 2.05) is 227 Å². The lowest BCUT2D eigenvalue weighted by atomic mass is 10.0. The second-order valence-electron chi connectivity index (χ2n) is 31.4. The Kier molecular flexibility index (Phi) is 27.2. The summed E-state index contributed by atoms with van der Waals surface area (Å²) in [6.07, 6.45) is 19.5. The molecular formula is C104H99N17O8. The van der Waals surface area contributed by atoms with E-state index in [0.29, 0.717) is 75.5 Å². The number of nitrogens with one attached hydrogen (secondary N) is 2. The zero-order chi connectivity index (χ0) is 89.0. The maximum absolute atomic E-state index is 9.88. The summed E-state index contributed by atoms with van der Waals surface area (Å²) in [6.45, 7) is 15.8. The number of piperazine rings is 1. The monoisotopic (exact) mass is 1710 g/mol. The smallest absolute Gasteiger partial charge is 0.189 e. The number of allylic oxidation sites excluding steroid dienone is 2. The minimum Gasteiger partial charge on any atom is -0.508 e. The molecule has 25 nitrogen and oxygen atoms in total. The number of hydrogen-bond donors (Lipinski definition) is 9. The molecule has 0 aliphatic carbocycles. The molecule has 0 bridgehead atoms. The lowest BCUT2D eigenvalue weighted by Gasteiger charge is -2.43. The summed E-state index contributed by atoms with van der Waals surface area (Å²) in [5.74, 6) is 5.08. The summed E-state index contributed by atoms with van der Waals surface area (Å²) < 4.78 is 24.8. The fourth-order valence-corrected chi connectivity index (χ4v) is 16.1. The molecule has 10 heterocycles. The Balaban J connectivity index is 0.000000118. The van der Waals surface area contributed by atoms with Crippen molar-refractivity contribution in [3.63, 3.8) is 0 Å². The van der Waals surface area contributed by atoms with Crippen LogP contribution in [0.25, 0.3) is 33.7 Å². The normalized spacial score (nSPS) is 14.2. The van der Waals surface area contributed by atoms with Crippen molar-refractivity contribution in [2.75, 3.05) is 42.5 Å². The Bertz CT molecular complexity index is 6610. The first kappa shape index (κ1) is 86.0. The SMILES string of the molecule is C=C1NC=C(Cc2c(-c3ccccc3)ncn2Cc2cccc(O)c2)O1.C=C1NC=C(Cc2c(Cc3ccccc3)ncn2Cc2cccc(O)c2)O1.Cc1nocc1C1CN(c2ccccc2)CCN1c1cccc(O)c1.NC1=NCC=C1c1c(-c2ccccc2)ncn1Cc1cccc(O)c1.NC1=NCC=C1c1c(Cc2ccccc2)ncn1Cc1cccc(O)c1.